The molecule has 1 aliphatic heterocycles. The van der Waals surface area contributed by atoms with Crippen LogP contribution < -0.4 is 5.73 Å². The van der Waals surface area contributed by atoms with E-state index >= 15 is 0 Å². The molecule has 0 spiro atoms. The Kier molecular flexibility index (Phi) is 3.73. The fourth-order valence-corrected chi connectivity index (χ4v) is 1.59. The maximum Gasteiger partial charge on any atom is 0.240 e. The van der Waals surface area contributed by atoms with Crippen LogP contribution in [0.5, 0.6) is 0 Å². The molecule has 0 unspecified atom stereocenters. The molecular formula is C11H22N2O2. The van der Waals surface area contributed by atoms with Crippen molar-refractivity contribution in [3.63, 3.8) is 0 Å². The van der Waals surface area contributed by atoms with Gasteiger partial charge >= 0.3 is 0 Å². The minimum absolute atomic E-state index is 0.0395. The molecule has 0 aliphatic carbocycles. The molecule has 0 bridgehead atoms. The van der Waals surface area contributed by atoms with E-state index in [1.165, 1.54) is 0 Å². The van der Waals surface area contributed by atoms with E-state index < -0.39 is 6.04 Å². The Bertz CT molecular complexity index is 235. The number of ether oxygens (including phenoxy) is 1. The third-order valence-electron chi connectivity index (χ3n) is 2.75. The Labute approximate surface area is 91.8 Å². The van der Waals surface area contributed by atoms with E-state index in [1.807, 2.05) is 32.6 Å². The smallest absolute Gasteiger partial charge is 0.240 e. The molecule has 1 rings (SSSR count). The highest BCUT2D eigenvalue weighted by molar-refractivity contribution is 5.82. The molecule has 88 valence electrons. The molecular weight excluding hydrogens is 192 g/mol. The van der Waals surface area contributed by atoms with E-state index in [2.05, 4.69) is 0 Å². The second-order valence-electron chi connectivity index (χ2n) is 5.31. The summed E-state index contributed by atoms with van der Waals surface area (Å²) in [6, 6.07) is -0.428. The van der Waals surface area contributed by atoms with Gasteiger partial charge in [-0.05, 0) is 12.3 Å². The van der Waals surface area contributed by atoms with Gasteiger partial charge in [0.1, 0.15) is 0 Å². The Morgan fingerprint density at radius 2 is 2.13 bits per heavy atom. The van der Waals surface area contributed by atoms with Gasteiger partial charge in [0.2, 0.25) is 5.91 Å². The predicted octanol–water partition coefficient (Wildman–Crippen LogP) is 0.607. The number of carbonyl (C=O) groups excluding carboxylic acids is 1. The fourth-order valence-electron chi connectivity index (χ4n) is 1.59. The van der Waals surface area contributed by atoms with Gasteiger partial charge in [-0.25, -0.2) is 0 Å². The third kappa shape index (κ3) is 3.18. The topological polar surface area (TPSA) is 55.6 Å². The van der Waals surface area contributed by atoms with Crippen LogP contribution in [0.15, 0.2) is 0 Å². The molecule has 2 atom stereocenters. The highest BCUT2D eigenvalue weighted by atomic mass is 16.5. The van der Waals surface area contributed by atoms with Gasteiger partial charge in [0.05, 0.1) is 18.8 Å². The number of rotatable bonds is 1. The molecule has 15 heavy (non-hydrogen) atoms. The lowest BCUT2D eigenvalue weighted by Crippen LogP contribution is -2.54. The third-order valence-corrected chi connectivity index (χ3v) is 2.75. The van der Waals surface area contributed by atoms with Crippen LogP contribution in [0.3, 0.4) is 0 Å². The Balaban J connectivity index is 2.60. The monoisotopic (exact) mass is 214 g/mol. The molecule has 1 amide bonds. The number of nitrogens with zero attached hydrogens (tertiary/aromatic N) is 1. The molecule has 1 heterocycles. The van der Waals surface area contributed by atoms with Gasteiger partial charge < -0.3 is 15.4 Å². The van der Waals surface area contributed by atoms with Crippen molar-refractivity contribution in [1.29, 1.82) is 0 Å². The number of morpholine rings is 1. The Morgan fingerprint density at radius 3 is 2.60 bits per heavy atom. The summed E-state index contributed by atoms with van der Waals surface area (Å²) in [6.45, 7) is 9.86. The van der Waals surface area contributed by atoms with Gasteiger partial charge in [-0.3, -0.25) is 4.79 Å². The largest absolute Gasteiger partial charge is 0.375 e. The van der Waals surface area contributed by atoms with Gasteiger partial charge in [0, 0.05) is 13.1 Å². The zero-order chi connectivity index (χ0) is 11.6. The lowest BCUT2D eigenvalue weighted by Gasteiger charge is -2.36. The summed E-state index contributed by atoms with van der Waals surface area (Å²) in [4.78, 5) is 13.8. The van der Waals surface area contributed by atoms with Crippen molar-refractivity contribution in [3.05, 3.63) is 0 Å². The molecule has 0 aromatic rings. The van der Waals surface area contributed by atoms with E-state index in [4.69, 9.17) is 10.5 Å². The van der Waals surface area contributed by atoms with Crippen molar-refractivity contribution in [3.8, 4) is 0 Å². The second-order valence-corrected chi connectivity index (χ2v) is 5.31. The van der Waals surface area contributed by atoms with Crippen LogP contribution in [-0.2, 0) is 9.53 Å². The summed E-state index contributed by atoms with van der Waals surface area (Å²) in [5.41, 5.74) is 5.76. The molecule has 4 heteroatoms. The number of hydrogen-bond acceptors (Lipinski definition) is 3. The highest BCUT2D eigenvalue weighted by Gasteiger charge is 2.32. The molecule has 1 saturated heterocycles. The van der Waals surface area contributed by atoms with Crippen LogP contribution >= 0.6 is 0 Å². The van der Waals surface area contributed by atoms with Crippen molar-refractivity contribution in [2.45, 2.75) is 39.8 Å². The standard InChI is InChI=1S/C11H22N2O2/c1-8-7-13(5-6-15-8)10(14)9(12)11(2,3)4/h8-9H,5-7,12H2,1-4H3/t8-,9-/m0/s1. The van der Waals surface area contributed by atoms with Gasteiger partial charge in [-0.1, -0.05) is 20.8 Å². The molecule has 1 fully saturated rings. The van der Waals surface area contributed by atoms with Crippen LogP contribution in [-0.4, -0.2) is 42.6 Å². The maximum atomic E-state index is 12.0. The average molecular weight is 214 g/mol. The van der Waals surface area contributed by atoms with E-state index in [0.29, 0.717) is 19.7 Å². The van der Waals surface area contributed by atoms with Crippen molar-refractivity contribution >= 4 is 5.91 Å². The molecule has 1 aliphatic rings. The fraction of sp³-hybridized carbons (Fsp3) is 0.909. The predicted molar refractivity (Wildman–Crippen MR) is 59.4 cm³/mol. The first-order valence-corrected chi connectivity index (χ1v) is 5.48. The van der Waals surface area contributed by atoms with Crippen LogP contribution in [0.1, 0.15) is 27.7 Å². The molecule has 0 radical (unpaired) electrons. The number of amides is 1. The Morgan fingerprint density at radius 1 is 1.53 bits per heavy atom. The van der Waals surface area contributed by atoms with Gasteiger partial charge in [-0.15, -0.1) is 0 Å². The minimum Gasteiger partial charge on any atom is -0.375 e. The molecule has 0 aromatic heterocycles. The Hall–Kier alpha value is -0.610. The summed E-state index contributed by atoms with van der Waals surface area (Å²) in [5.74, 6) is 0.0395. The summed E-state index contributed by atoms with van der Waals surface area (Å²) in [5, 5.41) is 0. The second kappa shape index (κ2) is 4.49. The molecule has 0 aromatic carbocycles. The van der Waals surface area contributed by atoms with E-state index in [1.54, 1.807) is 0 Å². The summed E-state index contributed by atoms with van der Waals surface area (Å²) in [6.07, 6.45) is 0.120. The van der Waals surface area contributed by atoms with Crippen LogP contribution in [0.2, 0.25) is 0 Å². The van der Waals surface area contributed by atoms with Crippen LogP contribution in [0, 0.1) is 5.41 Å². The van der Waals surface area contributed by atoms with Gasteiger partial charge in [0.25, 0.3) is 0 Å². The van der Waals surface area contributed by atoms with E-state index in [0.717, 1.165) is 0 Å². The number of carbonyl (C=O) groups is 1. The van der Waals surface area contributed by atoms with Crippen LogP contribution in [0.25, 0.3) is 0 Å². The highest BCUT2D eigenvalue weighted by Crippen LogP contribution is 2.20. The molecule has 2 N–H and O–H groups in total. The van der Waals surface area contributed by atoms with Crippen molar-refractivity contribution < 1.29 is 9.53 Å². The summed E-state index contributed by atoms with van der Waals surface area (Å²) < 4.78 is 5.39. The summed E-state index contributed by atoms with van der Waals surface area (Å²) in [7, 11) is 0. The lowest BCUT2D eigenvalue weighted by atomic mass is 9.86. The summed E-state index contributed by atoms with van der Waals surface area (Å²) >= 11 is 0. The number of hydrogen-bond donors (Lipinski definition) is 1. The zero-order valence-corrected chi connectivity index (χ0v) is 10.1. The van der Waals surface area contributed by atoms with Crippen LogP contribution in [0.4, 0.5) is 0 Å². The molecule has 0 saturated carbocycles. The first-order valence-electron chi connectivity index (χ1n) is 5.48. The van der Waals surface area contributed by atoms with Gasteiger partial charge in [-0.2, -0.15) is 0 Å². The van der Waals surface area contributed by atoms with Crippen molar-refractivity contribution in [1.82, 2.24) is 4.90 Å². The minimum atomic E-state index is -0.428. The zero-order valence-electron chi connectivity index (χ0n) is 10.1. The first-order chi connectivity index (χ1) is 6.82. The molecule has 4 nitrogen and oxygen atoms in total. The van der Waals surface area contributed by atoms with Crippen molar-refractivity contribution in [2.75, 3.05) is 19.7 Å². The lowest BCUT2D eigenvalue weighted by molar-refractivity contribution is -0.141. The maximum absolute atomic E-state index is 12.0. The normalized spacial score (nSPS) is 25.1. The SMILES string of the molecule is C[C@H]1CN(C(=O)[C@H](N)C(C)(C)C)CCO1. The number of nitrogens with two attached hydrogens (primary N) is 1. The van der Waals surface area contributed by atoms with Gasteiger partial charge in [0.15, 0.2) is 0 Å². The first kappa shape index (κ1) is 12.5. The quantitative estimate of drug-likeness (QED) is 0.695. The van der Waals surface area contributed by atoms with Crippen molar-refractivity contribution in [2.24, 2.45) is 11.1 Å². The van der Waals surface area contributed by atoms with E-state index in [9.17, 15) is 4.79 Å². The van der Waals surface area contributed by atoms with E-state index in [-0.39, 0.29) is 17.4 Å². The average Bonchev–Trinajstić information content (AvgIpc) is 2.14.